The molecule has 144 valence electrons. The molecule has 0 saturated heterocycles. The van der Waals surface area contributed by atoms with Crippen LogP contribution in [0.3, 0.4) is 0 Å². The molecule has 0 atom stereocenters. The summed E-state index contributed by atoms with van der Waals surface area (Å²) in [5.41, 5.74) is 2.43. The smallest absolute Gasteiger partial charge is 0.340 e. The van der Waals surface area contributed by atoms with E-state index < -0.39 is 11.9 Å². The van der Waals surface area contributed by atoms with Crippen molar-refractivity contribution in [3.63, 3.8) is 0 Å². The Kier molecular flexibility index (Phi) is 7.35. The van der Waals surface area contributed by atoms with Gasteiger partial charge in [-0.25, -0.2) is 4.79 Å². The van der Waals surface area contributed by atoms with Gasteiger partial charge in [0.05, 0.1) is 17.9 Å². The van der Waals surface area contributed by atoms with Crippen molar-refractivity contribution in [3.8, 4) is 6.07 Å². The summed E-state index contributed by atoms with van der Waals surface area (Å²) in [7, 11) is 0. The molecule has 0 heterocycles. The number of carbonyl (C=O) groups excluding carboxylic acids is 2. The van der Waals surface area contributed by atoms with E-state index in [1.165, 1.54) is 6.20 Å². The number of hydrogen-bond acceptors (Lipinski definition) is 5. The number of esters is 1. The zero-order valence-electron chi connectivity index (χ0n) is 16.2. The first-order valence-electron chi connectivity index (χ1n) is 9.02. The zero-order valence-corrected chi connectivity index (χ0v) is 16.2. The molecule has 0 bridgehead atoms. The van der Waals surface area contributed by atoms with Gasteiger partial charge in [-0.2, -0.15) is 5.26 Å². The summed E-state index contributed by atoms with van der Waals surface area (Å²) in [5.74, 6) is -1.12. The van der Waals surface area contributed by atoms with E-state index in [9.17, 15) is 14.9 Å². The molecule has 1 amide bonds. The first-order chi connectivity index (χ1) is 13.5. The Hall–Kier alpha value is -3.59. The Morgan fingerprint density at radius 3 is 2.57 bits per heavy atom. The average molecular weight is 377 g/mol. The second-order valence-electron chi connectivity index (χ2n) is 6.00. The number of carbonyl (C=O) groups is 2. The normalized spacial score (nSPS) is 10.7. The standard InChI is InChI=1S/C22H23N3O3/c1-4-25(18-10-8-9-16(3)13-18)15-17(14-23)21(26)24-20-12-7-6-11-19(20)22(27)28-5-2/h6-13,15H,4-5H2,1-3H3,(H,24,26)/b17-15-. The molecule has 0 aliphatic heterocycles. The summed E-state index contributed by atoms with van der Waals surface area (Å²) in [5, 5.41) is 12.1. The van der Waals surface area contributed by atoms with Crippen molar-refractivity contribution in [2.24, 2.45) is 0 Å². The van der Waals surface area contributed by atoms with Crippen LogP contribution in [0.2, 0.25) is 0 Å². The Balaban J connectivity index is 2.28. The molecule has 28 heavy (non-hydrogen) atoms. The van der Waals surface area contributed by atoms with Crippen molar-refractivity contribution in [1.29, 1.82) is 5.26 Å². The van der Waals surface area contributed by atoms with Gasteiger partial charge in [0, 0.05) is 18.4 Å². The summed E-state index contributed by atoms with van der Waals surface area (Å²) in [6, 6.07) is 16.3. The Morgan fingerprint density at radius 1 is 1.18 bits per heavy atom. The molecule has 0 aromatic heterocycles. The fraction of sp³-hybridized carbons (Fsp3) is 0.227. The molecule has 2 aromatic carbocycles. The molecule has 2 rings (SSSR count). The highest BCUT2D eigenvalue weighted by Gasteiger charge is 2.17. The molecule has 0 aliphatic carbocycles. The second kappa shape index (κ2) is 9.93. The minimum atomic E-state index is -0.592. The van der Waals surface area contributed by atoms with Gasteiger partial charge in [-0.15, -0.1) is 0 Å². The lowest BCUT2D eigenvalue weighted by atomic mass is 10.1. The van der Waals surface area contributed by atoms with Gasteiger partial charge >= 0.3 is 5.97 Å². The van der Waals surface area contributed by atoms with Gasteiger partial charge in [-0.05, 0) is 50.6 Å². The summed E-state index contributed by atoms with van der Waals surface area (Å²) in [6.07, 6.45) is 1.51. The minimum absolute atomic E-state index is 0.0676. The number of nitriles is 1. The van der Waals surface area contributed by atoms with E-state index >= 15 is 0 Å². The topological polar surface area (TPSA) is 82.4 Å². The average Bonchev–Trinajstić information content (AvgIpc) is 2.69. The molecule has 0 radical (unpaired) electrons. The molecule has 6 heteroatoms. The van der Waals surface area contributed by atoms with Crippen LogP contribution in [-0.2, 0) is 9.53 Å². The fourth-order valence-corrected chi connectivity index (χ4v) is 2.62. The number of ether oxygens (including phenoxy) is 1. The molecule has 0 unspecified atom stereocenters. The monoisotopic (exact) mass is 377 g/mol. The van der Waals surface area contributed by atoms with E-state index in [-0.39, 0.29) is 17.7 Å². The first-order valence-corrected chi connectivity index (χ1v) is 9.02. The number of anilines is 2. The number of benzene rings is 2. The number of nitrogens with zero attached hydrogens (tertiary/aromatic N) is 2. The summed E-state index contributed by atoms with van der Waals surface area (Å²) in [4.78, 5) is 26.5. The van der Waals surface area contributed by atoms with Gasteiger partial charge in [-0.1, -0.05) is 24.3 Å². The van der Waals surface area contributed by atoms with Crippen LogP contribution in [0.25, 0.3) is 0 Å². The first kappa shape index (κ1) is 20.7. The molecule has 6 nitrogen and oxygen atoms in total. The number of nitrogens with one attached hydrogen (secondary N) is 1. The molecule has 0 saturated carbocycles. The SMILES string of the molecule is CCOC(=O)c1ccccc1NC(=O)/C(C#N)=C\N(CC)c1cccc(C)c1. The molecular formula is C22H23N3O3. The highest BCUT2D eigenvalue weighted by atomic mass is 16.5. The summed E-state index contributed by atoms with van der Waals surface area (Å²) >= 11 is 0. The maximum Gasteiger partial charge on any atom is 0.340 e. The van der Waals surface area contributed by atoms with E-state index in [2.05, 4.69) is 5.32 Å². The Morgan fingerprint density at radius 2 is 1.93 bits per heavy atom. The molecule has 2 aromatic rings. The van der Waals surface area contributed by atoms with Crippen molar-refractivity contribution in [2.45, 2.75) is 20.8 Å². The molecule has 1 N–H and O–H groups in total. The van der Waals surface area contributed by atoms with E-state index in [1.807, 2.05) is 49.1 Å². The van der Waals surface area contributed by atoms with Gasteiger partial charge in [0.25, 0.3) is 5.91 Å². The summed E-state index contributed by atoms with van der Waals surface area (Å²) in [6.45, 7) is 6.43. The lowest BCUT2D eigenvalue weighted by molar-refractivity contribution is -0.112. The van der Waals surface area contributed by atoms with Crippen LogP contribution in [0.15, 0.2) is 60.3 Å². The van der Waals surface area contributed by atoms with Crippen LogP contribution in [0.4, 0.5) is 11.4 Å². The number of rotatable bonds is 7. The fourth-order valence-electron chi connectivity index (χ4n) is 2.62. The molecule has 0 fully saturated rings. The number of aryl methyl sites for hydroxylation is 1. The largest absolute Gasteiger partial charge is 0.462 e. The van der Waals surface area contributed by atoms with E-state index in [0.717, 1.165) is 11.3 Å². The quantitative estimate of drug-likeness (QED) is 0.447. The Bertz CT molecular complexity index is 929. The molecular weight excluding hydrogens is 354 g/mol. The highest BCUT2D eigenvalue weighted by Crippen LogP contribution is 2.19. The number of amides is 1. The van der Waals surface area contributed by atoms with Crippen LogP contribution < -0.4 is 10.2 Å². The van der Waals surface area contributed by atoms with Crippen molar-refractivity contribution in [3.05, 3.63) is 71.4 Å². The van der Waals surface area contributed by atoms with E-state index in [0.29, 0.717) is 12.2 Å². The third-order valence-electron chi connectivity index (χ3n) is 3.99. The van der Waals surface area contributed by atoms with Gasteiger partial charge in [0.15, 0.2) is 0 Å². The van der Waals surface area contributed by atoms with Crippen LogP contribution >= 0.6 is 0 Å². The maximum atomic E-state index is 12.6. The van der Waals surface area contributed by atoms with E-state index in [4.69, 9.17) is 4.74 Å². The van der Waals surface area contributed by atoms with Gasteiger partial charge < -0.3 is 15.0 Å². The lowest BCUT2D eigenvalue weighted by Crippen LogP contribution is -2.21. The van der Waals surface area contributed by atoms with Crippen LogP contribution in [-0.4, -0.2) is 25.0 Å². The van der Waals surface area contributed by atoms with Crippen molar-refractivity contribution in [2.75, 3.05) is 23.4 Å². The predicted molar refractivity (Wildman–Crippen MR) is 109 cm³/mol. The van der Waals surface area contributed by atoms with Crippen molar-refractivity contribution < 1.29 is 14.3 Å². The molecule has 0 aliphatic rings. The third kappa shape index (κ3) is 5.21. The van der Waals surface area contributed by atoms with Crippen LogP contribution in [0.5, 0.6) is 0 Å². The number of hydrogen-bond donors (Lipinski definition) is 1. The number of para-hydroxylation sites is 1. The lowest BCUT2D eigenvalue weighted by Gasteiger charge is -2.19. The van der Waals surface area contributed by atoms with E-state index in [1.54, 1.807) is 31.2 Å². The third-order valence-corrected chi connectivity index (χ3v) is 3.99. The Labute approximate surface area is 165 Å². The van der Waals surface area contributed by atoms with Gasteiger partial charge in [0.1, 0.15) is 11.6 Å². The summed E-state index contributed by atoms with van der Waals surface area (Å²) < 4.78 is 5.01. The second-order valence-corrected chi connectivity index (χ2v) is 6.00. The van der Waals surface area contributed by atoms with Crippen molar-refractivity contribution in [1.82, 2.24) is 0 Å². The van der Waals surface area contributed by atoms with Gasteiger partial charge in [-0.3, -0.25) is 4.79 Å². The van der Waals surface area contributed by atoms with Gasteiger partial charge in [0.2, 0.25) is 0 Å². The van der Waals surface area contributed by atoms with Crippen LogP contribution in [0.1, 0.15) is 29.8 Å². The minimum Gasteiger partial charge on any atom is -0.462 e. The predicted octanol–water partition coefficient (Wildman–Crippen LogP) is 4.04. The molecule has 0 spiro atoms. The zero-order chi connectivity index (χ0) is 20.5. The van der Waals surface area contributed by atoms with Crippen LogP contribution in [0, 0.1) is 18.3 Å². The maximum absolute atomic E-state index is 12.6. The van der Waals surface area contributed by atoms with Crippen molar-refractivity contribution >= 4 is 23.3 Å². The highest BCUT2D eigenvalue weighted by molar-refractivity contribution is 6.09.